The first-order chi connectivity index (χ1) is 9.13. The van der Waals surface area contributed by atoms with Crippen molar-refractivity contribution in [2.75, 3.05) is 6.26 Å². The van der Waals surface area contributed by atoms with Gasteiger partial charge in [0.15, 0.2) is 21.3 Å². The second kappa shape index (κ2) is 4.75. The van der Waals surface area contributed by atoms with Crippen molar-refractivity contribution in [3.05, 3.63) is 28.6 Å². The number of hydrogen-bond acceptors (Lipinski definition) is 6. The van der Waals surface area contributed by atoms with Crippen molar-refractivity contribution in [2.24, 2.45) is 0 Å². The van der Waals surface area contributed by atoms with Crippen LogP contribution in [0.25, 0.3) is 11.3 Å². The van der Waals surface area contributed by atoms with Crippen molar-refractivity contribution < 1.29 is 18.6 Å². The minimum absolute atomic E-state index is 0.208. The van der Waals surface area contributed by atoms with Gasteiger partial charge >= 0.3 is 0 Å². The van der Waals surface area contributed by atoms with Gasteiger partial charge in [-0.05, 0) is 32.0 Å². The highest BCUT2D eigenvalue weighted by Crippen LogP contribution is 2.35. The molecule has 0 radical (unpaired) electrons. The lowest BCUT2D eigenvalue weighted by Crippen LogP contribution is -2.27. The molecule has 1 aromatic heterocycles. The van der Waals surface area contributed by atoms with Gasteiger partial charge in [-0.15, -0.1) is 11.3 Å². The largest absolute Gasteiger partial charge is 0.504 e. The summed E-state index contributed by atoms with van der Waals surface area (Å²) in [5.41, 5.74) is 1.18. The third-order valence-corrected chi connectivity index (χ3v) is 6.56. The van der Waals surface area contributed by atoms with E-state index >= 15 is 0 Å². The predicted octanol–water partition coefficient (Wildman–Crippen LogP) is 2.50. The minimum atomic E-state index is -3.28. The molecule has 0 fully saturated rings. The Labute approximate surface area is 121 Å². The van der Waals surface area contributed by atoms with E-state index in [1.807, 2.05) is 0 Å². The average molecular weight is 313 g/mol. The Morgan fingerprint density at radius 3 is 2.40 bits per heavy atom. The molecule has 0 atom stereocenters. The van der Waals surface area contributed by atoms with Gasteiger partial charge in [0.05, 0.1) is 5.69 Å². The van der Waals surface area contributed by atoms with Gasteiger partial charge in [0.1, 0.15) is 9.75 Å². The summed E-state index contributed by atoms with van der Waals surface area (Å²) in [4.78, 5) is 4.34. The van der Waals surface area contributed by atoms with Gasteiger partial charge in [-0.3, -0.25) is 0 Å². The fourth-order valence-corrected chi connectivity index (χ4v) is 3.33. The van der Waals surface area contributed by atoms with E-state index in [0.717, 1.165) is 0 Å². The van der Waals surface area contributed by atoms with E-state index in [4.69, 9.17) is 0 Å². The van der Waals surface area contributed by atoms with Gasteiger partial charge in [-0.25, -0.2) is 13.4 Å². The standard InChI is InChI=1S/C13H15NO4S2/c1-13(2,20(3,17)18)12-14-9(7-19-12)8-4-5-10(15)11(16)6-8/h4-7,15-16H,1-3H3. The quantitative estimate of drug-likeness (QED) is 0.850. The van der Waals surface area contributed by atoms with Gasteiger partial charge in [0.2, 0.25) is 0 Å². The summed E-state index contributed by atoms with van der Waals surface area (Å²) in [6.07, 6.45) is 1.18. The molecule has 0 amide bonds. The van der Waals surface area contributed by atoms with Crippen LogP contribution in [-0.2, 0) is 14.6 Å². The molecule has 5 nitrogen and oxygen atoms in total. The maximum atomic E-state index is 11.8. The number of aromatic nitrogens is 1. The highest BCUT2D eigenvalue weighted by Gasteiger charge is 2.35. The van der Waals surface area contributed by atoms with Crippen molar-refractivity contribution in [2.45, 2.75) is 18.6 Å². The number of phenols is 2. The van der Waals surface area contributed by atoms with Crippen LogP contribution in [0.2, 0.25) is 0 Å². The zero-order valence-electron chi connectivity index (χ0n) is 11.3. The van der Waals surface area contributed by atoms with Gasteiger partial charge in [0, 0.05) is 17.2 Å². The molecule has 1 aromatic carbocycles. The molecule has 0 aliphatic carbocycles. The third-order valence-electron chi connectivity index (χ3n) is 3.22. The lowest BCUT2D eigenvalue weighted by atomic mass is 10.1. The predicted molar refractivity (Wildman–Crippen MR) is 78.7 cm³/mol. The number of aromatic hydroxyl groups is 2. The summed E-state index contributed by atoms with van der Waals surface area (Å²) in [5.74, 6) is -0.444. The topological polar surface area (TPSA) is 87.5 Å². The smallest absolute Gasteiger partial charge is 0.159 e. The van der Waals surface area contributed by atoms with Crippen LogP contribution in [0.3, 0.4) is 0 Å². The second-order valence-electron chi connectivity index (χ2n) is 5.02. The number of hydrogen-bond donors (Lipinski definition) is 2. The van der Waals surface area contributed by atoms with E-state index in [1.54, 1.807) is 25.3 Å². The van der Waals surface area contributed by atoms with Crippen LogP contribution in [0.4, 0.5) is 0 Å². The molecule has 0 saturated carbocycles. The first-order valence-corrected chi connectivity index (χ1v) is 8.58. The summed E-state index contributed by atoms with van der Waals surface area (Å²) < 4.78 is 22.5. The summed E-state index contributed by atoms with van der Waals surface area (Å²) in [6, 6.07) is 4.37. The Hall–Kier alpha value is -1.60. The zero-order valence-corrected chi connectivity index (χ0v) is 12.9. The lowest BCUT2D eigenvalue weighted by molar-refractivity contribution is 0.404. The summed E-state index contributed by atoms with van der Waals surface area (Å²) >= 11 is 1.25. The normalized spacial score (nSPS) is 12.6. The highest BCUT2D eigenvalue weighted by molar-refractivity contribution is 7.91. The van der Waals surface area contributed by atoms with E-state index in [0.29, 0.717) is 16.3 Å². The van der Waals surface area contributed by atoms with E-state index < -0.39 is 14.6 Å². The molecule has 20 heavy (non-hydrogen) atoms. The van der Waals surface area contributed by atoms with Crippen LogP contribution < -0.4 is 0 Å². The van der Waals surface area contributed by atoms with Gasteiger partial charge < -0.3 is 10.2 Å². The SMILES string of the molecule is CC(C)(c1nc(-c2ccc(O)c(O)c2)cs1)S(C)(=O)=O. The third kappa shape index (κ3) is 2.51. The molecule has 0 saturated heterocycles. The fourth-order valence-electron chi connectivity index (χ4n) is 1.52. The number of nitrogens with zero attached hydrogens (tertiary/aromatic N) is 1. The van der Waals surface area contributed by atoms with Crippen molar-refractivity contribution >= 4 is 21.2 Å². The molecule has 0 unspecified atom stereocenters. The van der Waals surface area contributed by atoms with E-state index in [1.165, 1.54) is 29.7 Å². The van der Waals surface area contributed by atoms with Crippen molar-refractivity contribution in [3.63, 3.8) is 0 Å². The maximum Gasteiger partial charge on any atom is 0.159 e. The molecule has 0 spiro atoms. The van der Waals surface area contributed by atoms with Crippen LogP contribution in [0, 0.1) is 0 Å². The Morgan fingerprint density at radius 1 is 1.20 bits per heavy atom. The van der Waals surface area contributed by atoms with Crippen molar-refractivity contribution in [3.8, 4) is 22.8 Å². The molecule has 1 heterocycles. The molecular weight excluding hydrogens is 298 g/mol. The first kappa shape index (κ1) is 14.8. The number of phenolic OH excluding ortho intramolecular Hbond substituents is 2. The highest BCUT2D eigenvalue weighted by atomic mass is 32.2. The summed E-state index contributed by atoms with van der Waals surface area (Å²) in [5, 5.41) is 21.0. The van der Waals surface area contributed by atoms with Crippen molar-refractivity contribution in [1.82, 2.24) is 4.98 Å². The van der Waals surface area contributed by atoms with E-state index in [2.05, 4.69) is 4.98 Å². The second-order valence-corrected chi connectivity index (χ2v) is 8.45. The van der Waals surface area contributed by atoms with Crippen molar-refractivity contribution in [1.29, 1.82) is 0 Å². The molecule has 2 rings (SSSR count). The Morgan fingerprint density at radius 2 is 1.85 bits per heavy atom. The van der Waals surface area contributed by atoms with Gasteiger partial charge in [-0.2, -0.15) is 0 Å². The number of benzene rings is 1. The molecular formula is C13H15NO4S2. The van der Waals surface area contributed by atoms with Crippen LogP contribution in [0.1, 0.15) is 18.9 Å². The summed E-state index contributed by atoms with van der Waals surface area (Å²) in [7, 11) is -3.28. The number of sulfone groups is 1. The molecule has 0 aliphatic heterocycles. The lowest BCUT2D eigenvalue weighted by Gasteiger charge is -2.19. The molecule has 108 valence electrons. The van der Waals surface area contributed by atoms with Crippen LogP contribution in [0.5, 0.6) is 11.5 Å². The monoisotopic (exact) mass is 313 g/mol. The fraction of sp³-hybridized carbons (Fsp3) is 0.308. The minimum Gasteiger partial charge on any atom is -0.504 e. The molecule has 0 bridgehead atoms. The van der Waals surface area contributed by atoms with Crippen LogP contribution >= 0.6 is 11.3 Å². The van der Waals surface area contributed by atoms with Crippen LogP contribution in [0.15, 0.2) is 23.6 Å². The zero-order chi connectivity index (χ0) is 15.1. The molecule has 2 N–H and O–H groups in total. The molecule has 7 heteroatoms. The molecule has 0 aliphatic rings. The van der Waals surface area contributed by atoms with Crippen LogP contribution in [-0.4, -0.2) is 29.9 Å². The summed E-state index contributed by atoms with van der Waals surface area (Å²) in [6.45, 7) is 3.22. The maximum absolute atomic E-state index is 11.8. The van der Waals surface area contributed by atoms with E-state index in [9.17, 15) is 18.6 Å². The Kier molecular flexibility index (Phi) is 3.51. The average Bonchev–Trinajstić information content (AvgIpc) is 2.81. The number of thiazole rings is 1. The Bertz CT molecular complexity index is 747. The van der Waals surface area contributed by atoms with Gasteiger partial charge in [0.25, 0.3) is 0 Å². The first-order valence-electron chi connectivity index (χ1n) is 5.81. The Balaban J connectivity index is 2.46. The molecule has 2 aromatic rings. The van der Waals surface area contributed by atoms with Gasteiger partial charge in [-0.1, -0.05) is 0 Å². The number of rotatable bonds is 3. The van der Waals surface area contributed by atoms with E-state index in [-0.39, 0.29) is 11.5 Å².